The van der Waals surface area contributed by atoms with Gasteiger partial charge >= 0.3 is 5.97 Å². The molecular formula is C39H41N5O5S2. The number of nitrogens with zero attached hydrogens (tertiary/aromatic N) is 5. The highest BCUT2D eigenvalue weighted by molar-refractivity contribution is 8.18. The second-order valence-corrected chi connectivity index (χ2v) is 16.0. The number of piperidine rings is 2. The van der Waals surface area contributed by atoms with Crippen molar-refractivity contribution >= 4 is 44.9 Å². The standard InChI is InChI=1S/C39H41N5O5S2/c1-2-49-38(46)30-18-22-43(23-19-30)51(47,48)34-15-9-12-31(25-34)36-32(27-44(41-36)33-13-7-4-8-14-33)26-35-37(45)40-39(50-35)42-20-16-29(17-21-42)24-28-10-5-3-6-11-28/h3-15,25-27,29-30H,2,16-24H2,1H3/b35-26-. The number of aliphatic imine (C=N–C) groups is 1. The van der Waals surface area contributed by atoms with Crippen LogP contribution >= 0.6 is 11.8 Å². The highest BCUT2D eigenvalue weighted by Crippen LogP contribution is 2.36. The van der Waals surface area contributed by atoms with E-state index >= 15 is 0 Å². The van der Waals surface area contributed by atoms with E-state index in [2.05, 4.69) is 34.2 Å². The maximum absolute atomic E-state index is 13.8. The lowest BCUT2D eigenvalue weighted by atomic mass is 9.90. The van der Waals surface area contributed by atoms with Crippen LogP contribution in [0.4, 0.5) is 0 Å². The fourth-order valence-corrected chi connectivity index (χ4v) is 9.40. The molecule has 12 heteroatoms. The number of ether oxygens (including phenoxy) is 1. The van der Waals surface area contributed by atoms with Gasteiger partial charge in [-0.2, -0.15) is 14.4 Å². The maximum Gasteiger partial charge on any atom is 0.309 e. The largest absolute Gasteiger partial charge is 0.466 e. The Bertz CT molecular complexity index is 2050. The van der Waals surface area contributed by atoms with Gasteiger partial charge in [0.05, 0.1) is 28.0 Å². The second-order valence-electron chi connectivity index (χ2n) is 13.1. The summed E-state index contributed by atoms with van der Waals surface area (Å²) in [4.78, 5) is 32.8. The summed E-state index contributed by atoms with van der Waals surface area (Å²) in [6.45, 7) is 4.25. The molecule has 0 aliphatic carbocycles. The molecule has 3 aliphatic rings. The van der Waals surface area contributed by atoms with Crippen molar-refractivity contribution in [1.82, 2.24) is 19.0 Å². The molecular weight excluding hydrogens is 683 g/mol. The van der Waals surface area contributed by atoms with Gasteiger partial charge in [-0.3, -0.25) is 9.59 Å². The number of hydrogen-bond donors (Lipinski definition) is 0. The maximum atomic E-state index is 13.8. The Balaban J connectivity index is 1.11. The number of amidine groups is 1. The number of esters is 1. The zero-order valence-electron chi connectivity index (χ0n) is 28.6. The number of likely N-dealkylation sites (tertiary alicyclic amines) is 1. The molecule has 264 valence electrons. The van der Waals surface area contributed by atoms with Crippen LogP contribution in [0.2, 0.25) is 0 Å². The number of benzene rings is 3. The van der Waals surface area contributed by atoms with E-state index in [9.17, 15) is 18.0 Å². The highest BCUT2D eigenvalue weighted by atomic mass is 32.2. The summed E-state index contributed by atoms with van der Waals surface area (Å²) in [6, 6.07) is 27.0. The summed E-state index contributed by atoms with van der Waals surface area (Å²) in [5, 5.41) is 5.62. The average Bonchev–Trinajstić information content (AvgIpc) is 3.76. The van der Waals surface area contributed by atoms with Crippen molar-refractivity contribution in [1.29, 1.82) is 0 Å². The molecule has 0 spiro atoms. The zero-order chi connectivity index (χ0) is 35.4. The van der Waals surface area contributed by atoms with Crippen LogP contribution in [-0.4, -0.2) is 77.2 Å². The highest BCUT2D eigenvalue weighted by Gasteiger charge is 2.33. The molecule has 0 radical (unpaired) electrons. The number of aromatic nitrogens is 2. The first-order valence-electron chi connectivity index (χ1n) is 17.5. The van der Waals surface area contributed by atoms with E-state index in [-0.39, 0.29) is 35.8 Å². The number of hydrogen-bond acceptors (Lipinski definition) is 8. The van der Waals surface area contributed by atoms with E-state index in [0.29, 0.717) is 47.1 Å². The normalized spacial score (nSPS) is 18.7. The third-order valence-electron chi connectivity index (χ3n) is 9.73. The number of amides is 1. The molecule has 1 aromatic heterocycles. The predicted molar refractivity (Wildman–Crippen MR) is 200 cm³/mol. The monoisotopic (exact) mass is 723 g/mol. The zero-order valence-corrected chi connectivity index (χ0v) is 30.2. The van der Waals surface area contributed by atoms with Crippen LogP contribution in [0.3, 0.4) is 0 Å². The Hall–Kier alpha value is -4.52. The lowest BCUT2D eigenvalue weighted by Crippen LogP contribution is -2.40. The van der Waals surface area contributed by atoms with Crippen molar-refractivity contribution in [3.8, 4) is 16.9 Å². The van der Waals surface area contributed by atoms with Crippen molar-refractivity contribution in [3.63, 3.8) is 0 Å². The number of carbonyl (C=O) groups excluding carboxylic acids is 2. The Kier molecular flexibility index (Phi) is 10.5. The molecule has 1 amide bonds. The quantitative estimate of drug-likeness (QED) is 0.144. The first-order valence-corrected chi connectivity index (χ1v) is 19.8. The van der Waals surface area contributed by atoms with E-state index in [1.807, 2.05) is 54.7 Å². The first kappa shape index (κ1) is 34.9. The molecule has 4 heterocycles. The van der Waals surface area contributed by atoms with Gasteiger partial charge in [0.25, 0.3) is 5.91 Å². The fourth-order valence-electron chi connectivity index (χ4n) is 6.93. The molecule has 3 aliphatic heterocycles. The lowest BCUT2D eigenvalue weighted by molar-refractivity contribution is -0.149. The molecule has 4 aromatic rings. The van der Waals surface area contributed by atoms with Gasteiger partial charge in [0, 0.05) is 43.5 Å². The molecule has 0 bridgehead atoms. The number of thioether (sulfide) groups is 1. The number of rotatable bonds is 9. The smallest absolute Gasteiger partial charge is 0.309 e. The number of carbonyl (C=O) groups is 2. The van der Waals surface area contributed by atoms with Gasteiger partial charge in [-0.15, -0.1) is 0 Å². The average molecular weight is 724 g/mol. The summed E-state index contributed by atoms with van der Waals surface area (Å²) in [5.41, 5.74) is 4.02. The van der Waals surface area contributed by atoms with Crippen LogP contribution in [-0.2, 0) is 30.8 Å². The molecule has 7 rings (SSSR count). The van der Waals surface area contributed by atoms with Crippen LogP contribution in [0.15, 0.2) is 106 Å². The summed E-state index contributed by atoms with van der Waals surface area (Å²) >= 11 is 1.38. The van der Waals surface area contributed by atoms with Crippen molar-refractivity contribution in [2.45, 2.75) is 43.9 Å². The van der Waals surface area contributed by atoms with E-state index in [0.717, 1.165) is 43.2 Å². The number of para-hydroxylation sites is 1. The van der Waals surface area contributed by atoms with Gasteiger partial charge in [0.15, 0.2) is 5.17 Å². The molecule has 0 atom stereocenters. The summed E-state index contributed by atoms with van der Waals surface area (Å²) in [6.07, 6.45) is 7.64. The lowest BCUT2D eigenvalue weighted by Gasteiger charge is -2.32. The summed E-state index contributed by atoms with van der Waals surface area (Å²) < 4.78 is 36.0. The predicted octanol–water partition coefficient (Wildman–Crippen LogP) is 6.43. The molecule has 2 saturated heterocycles. The Labute approximate surface area is 303 Å². The Morgan fingerprint density at radius 2 is 1.63 bits per heavy atom. The van der Waals surface area contributed by atoms with Crippen molar-refractivity contribution in [2.24, 2.45) is 16.8 Å². The summed E-state index contributed by atoms with van der Waals surface area (Å²) in [7, 11) is -3.84. The third-order valence-corrected chi connectivity index (χ3v) is 12.7. The van der Waals surface area contributed by atoms with Gasteiger partial charge in [-0.05, 0) is 92.6 Å². The van der Waals surface area contributed by atoms with Gasteiger partial charge in [-0.25, -0.2) is 13.1 Å². The number of sulfonamides is 1. The van der Waals surface area contributed by atoms with E-state index in [1.165, 1.54) is 21.6 Å². The van der Waals surface area contributed by atoms with Gasteiger partial charge < -0.3 is 9.64 Å². The van der Waals surface area contributed by atoms with Crippen molar-refractivity contribution < 1.29 is 22.7 Å². The Morgan fingerprint density at radius 1 is 0.922 bits per heavy atom. The molecule has 2 fully saturated rings. The molecule has 0 unspecified atom stereocenters. The van der Waals surface area contributed by atoms with Crippen LogP contribution in [0.5, 0.6) is 0 Å². The first-order chi connectivity index (χ1) is 24.8. The van der Waals surface area contributed by atoms with Crippen molar-refractivity contribution in [2.75, 3.05) is 32.8 Å². The fraction of sp³-hybridized carbons (Fsp3) is 0.333. The SMILES string of the molecule is CCOC(=O)C1CCN(S(=O)(=O)c2cccc(-c3nn(-c4ccccc4)cc3/C=C3\SC(N4CCC(Cc5ccccc5)CC4)=NC3=O)c2)CC1. The van der Waals surface area contributed by atoms with Crippen LogP contribution in [0, 0.1) is 11.8 Å². The van der Waals surface area contributed by atoms with Gasteiger partial charge in [0.1, 0.15) is 5.69 Å². The van der Waals surface area contributed by atoms with Crippen LogP contribution in [0.25, 0.3) is 23.0 Å². The van der Waals surface area contributed by atoms with Crippen LogP contribution < -0.4 is 0 Å². The molecule has 10 nitrogen and oxygen atoms in total. The second kappa shape index (κ2) is 15.4. The van der Waals surface area contributed by atoms with Gasteiger partial charge in [0.2, 0.25) is 10.0 Å². The molecule has 3 aromatic carbocycles. The van der Waals surface area contributed by atoms with Crippen LogP contribution in [0.1, 0.15) is 43.7 Å². The Morgan fingerprint density at radius 3 is 2.33 bits per heavy atom. The topological polar surface area (TPSA) is 114 Å². The molecule has 51 heavy (non-hydrogen) atoms. The minimum atomic E-state index is -3.84. The van der Waals surface area contributed by atoms with E-state index < -0.39 is 10.0 Å². The van der Waals surface area contributed by atoms with Gasteiger partial charge in [-0.1, -0.05) is 60.7 Å². The minimum Gasteiger partial charge on any atom is -0.466 e. The summed E-state index contributed by atoms with van der Waals surface area (Å²) in [5.74, 6) is -0.259. The minimum absolute atomic E-state index is 0.148. The van der Waals surface area contributed by atoms with Crippen molar-refractivity contribution in [3.05, 3.63) is 107 Å². The van der Waals surface area contributed by atoms with E-state index in [1.54, 1.807) is 29.8 Å². The third kappa shape index (κ3) is 7.88. The molecule has 0 saturated carbocycles. The van der Waals surface area contributed by atoms with E-state index in [4.69, 9.17) is 9.84 Å². The molecule has 0 N–H and O–H groups in total.